The van der Waals surface area contributed by atoms with Crippen LogP contribution in [-0.2, 0) is 0 Å². The molecule has 0 spiro atoms. The Labute approximate surface area is 91.3 Å². The van der Waals surface area contributed by atoms with Gasteiger partial charge in [0.05, 0.1) is 0 Å². The zero-order valence-electron chi connectivity index (χ0n) is 9.16. The average molecular weight is 196 g/mol. The fraction of sp³-hybridized carbons (Fsp3) is 0.0667. The van der Waals surface area contributed by atoms with Crippen molar-refractivity contribution in [1.29, 1.82) is 0 Å². The van der Waals surface area contributed by atoms with Gasteiger partial charge >= 0.3 is 0 Å². The van der Waals surface area contributed by atoms with Crippen molar-refractivity contribution in [2.75, 3.05) is 0 Å². The summed E-state index contributed by atoms with van der Waals surface area (Å²) in [5.41, 5.74) is 2.11. The summed E-state index contributed by atoms with van der Waals surface area (Å²) >= 11 is 0. The largest absolute Gasteiger partial charge is 0.0991 e. The van der Waals surface area contributed by atoms with Crippen LogP contribution in [0.5, 0.6) is 0 Å². The molecule has 15 heavy (non-hydrogen) atoms. The maximum Gasteiger partial charge on any atom is -0.0184 e. The standard InChI is InChI=1S/C15H16/c1-5-8-12(2)14(4)11-15-10-7-6-9-13(15)3/h5-11H,1,3-4H2,2H3/b12-8-,15-11-. The molecule has 0 aliphatic carbocycles. The summed E-state index contributed by atoms with van der Waals surface area (Å²) in [6.07, 6.45) is 5.76. The minimum absolute atomic E-state index is 0.992. The van der Waals surface area contributed by atoms with Gasteiger partial charge in [0.25, 0.3) is 0 Å². The predicted molar refractivity (Wildman–Crippen MR) is 68.8 cm³/mol. The van der Waals surface area contributed by atoms with Gasteiger partial charge in [0.1, 0.15) is 0 Å². The van der Waals surface area contributed by atoms with E-state index in [0.29, 0.717) is 0 Å². The summed E-state index contributed by atoms with van der Waals surface area (Å²) in [6.45, 7) is 13.7. The molecule has 0 aromatic heterocycles. The minimum atomic E-state index is 0.992. The highest BCUT2D eigenvalue weighted by Crippen LogP contribution is 2.07. The van der Waals surface area contributed by atoms with Gasteiger partial charge in [-0.25, -0.2) is 0 Å². The lowest BCUT2D eigenvalue weighted by atomic mass is 10.1. The van der Waals surface area contributed by atoms with Crippen LogP contribution in [0.15, 0.2) is 60.7 Å². The molecular formula is C15H16. The van der Waals surface area contributed by atoms with E-state index in [1.807, 2.05) is 43.3 Å². The van der Waals surface area contributed by atoms with E-state index < -0.39 is 0 Å². The van der Waals surface area contributed by atoms with Gasteiger partial charge in [0, 0.05) is 0 Å². The van der Waals surface area contributed by atoms with Crippen molar-refractivity contribution in [3.8, 4) is 0 Å². The Morgan fingerprint density at radius 3 is 2.53 bits per heavy atom. The first kappa shape index (κ1) is 11.3. The number of benzene rings is 1. The quantitative estimate of drug-likeness (QED) is 0.652. The lowest BCUT2D eigenvalue weighted by Gasteiger charge is -1.98. The lowest BCUT2D eigenvalue weighted by Crippen LogP contribution is -2.21. The van der Waals surface area contributed by atoms with Crippen molar-refractivity contribution < 1.29 is 0 Å². The van der Waals surface area contributed by atoms with Crippen LogP contribution in [0.2, 0.25) is 0 Å². The van der Waals surface area contributed by atoms with E-state index in [4.69, 9.17) is 0 Å². The molecule has 1 aromatic carbocycles. The average Bonchev–Trinajstić information content (AvgIpc) is 2.21. The third-order valence-electron chi connectivity index (χ3n) is 2.26. The van der Waals surface area contributed by atoms with Crippen molar-refractivity contribution >= 4 is 12.7 Å². The molecule has 0 amide bonds. The lowest BCUT2D eigenvalue weighted by molar-refractivity contribution is 1.45. The molecule has 76 valence electrons. The number of hydrogen-bond acceptors (Lipinski definition) is 0. The molecule has 0 bridgehead atoms. The zero-order chi connectivity index (χ0) is 11.3. The molecule has 0 saturated heterocycles. The van der Waals surface area contributed by atoms with Crippen LogP contribution < -0.4 is 10.4 Å². The van der Waals surface area contributed by atoms with E-state index in [9.17, 15) is 0 Å². The number of rotatable bonds is 3. The second-order valence-corrected chi connectivity index (χ2v) is 3.45. The fourth-order valence-corrected chi connectivity index (χ4v) is 1.26. The van der Waals surface area contributed by atoms with Crippen LogP contribution in [0.1, 0.15) is 6.92 Å². The van der Waals surface area contributed by atoms with Crippen molar-refractivity contribution in [3.63, 3.8) is 0 Å². The van der Waals surface area contributed by atoms with E-state index in [2.05, 4.69) is 19.7 Å². The van der Waals surface area contributed by atoms with Gasteiger partial charge in [0.2, 0.25) is 0 Å². The molecule has 0 aliphatic heterocycles. The third-order valence-corrected chi connectivity index (χ3v) is 2.26. The second kappa shape index (κ2) is 5.16. The topological polar surface area (TPSA) is 0 Å². The van der Waals surface area contributed by atoms with E-state index in [0.717, 1.165) is 21.6 Å². The van der Waals surface area contributed by atoms with Crippen molar-refractivity contribution in [3.05, 3.63) is 71.2 Å². The Bertz CT molecular complexity index is 501. The predicted octanol–water partition coefficient (Wildman–Crippen LogP) is 2.57. The van der Waals surface area contributed by atoms with Gasteiger partial charge in [-0.3, -0.25) is 0 Å². The minimum Gasteiger partial charge on any atom is -0.0991 e. The van der Waals surface area contributed by atoms with Crippen LogP contribution in [0.4, 0.5) is 0 Å². The fourth-order valence-electron chi connectivity index (χ4n) is 1.26. The zero-order valence-corrected chi connectivity index (χ0v) is 9.16. The highest BCUT2D eigenvalue weighted by Gasteiger charge is 1.90. The van der Waals surface area contributed by atoms with E-state index in [-0.39, 0.29) is 0 Å². The molecule has 1 rings (SSSR count). The first-order chi connectivity index (χ1) is 7.15. The molecule has 0 radical (unpaired) electrons. The molecular weight excluding hydrogens is 180 g/mol. The second-order valence-electron chi connectivity index (χ2n) is 3.45. The van der Waals surface area contributed by atoms with Crippen molar-refractivity contribution in [1.82, 2.24) is 0 Å². The van der Waals surface area contributed by atoms with E-state index in [1.165, 1.54) is 0 Å². The van der Waals surface area contributed by atoms with Gasteiger partial charge in [-0.15, -0.1) is 0 Å². The van der Waals surface area contributed by atoms with Gasteiger partial charge in [-0.1, -0.05) is 56.2 Å². The molecule has 0 nitrogen and oxygen atoms in total. The van der Waals surface area contributed by atoms with Gasteiger partial charge < -0.3 is 0 Å². The van der Waals surface area contributed by atoms with Crippen LogP contribution >= 0.6 is 0 Å². The molecule has 0 heteroatoms. The Morgan fingerprint density at radius 2 is 1.93 bits per heavy atom. The maximum atomic E-state index is 4.01. The van der Waals surface area contributed by atoms with Crippen LogP contribution in [0.25, 0.3) is 12.7 Å². The molecule has 0 aliphatic rings. The maximum absolute atomic E-state index is 4.01. The molecule has 0 unspecified atom stereocenters. The Kier molecular flexibility index (Phi) is 3.87. The monoisotopic (exact) mass is 196 g/mol. The summed E-state index contributed by atoms with van der Waals surface area (Å²) in [5.74, 6) is 0. The smallest absolute Gasteiger partial charge is 0.0184 e. The normalized spacial score (nSPS) is 12.6. The summed E-state index contributed by atoms with van der Waals surface area (Å²) in [5, 5.41) is 2.13. The highest BCUT2D eigenvalue weighted by molar-refractivity contribution is 5.56. The summed E-state index contributed by atoms with van der Waals surface area (Å²) in [6, 6.07) is 8.01. The highest BCUT2D eigenvalue weighted by atomic mass is 14.0. The molecule has 0 fully saturated rings. The van der Waals surface area contributed by atoms with Crippen molar-refractivity contribution in [2.45, 2.75) is 6.92 Å². The Balaban J connectivity index is 3.15. The first-order valence-corrected chi connectivity index (χ1v) is 4.89. The number of hydrogen-bond donors (Lipinski definition) is 0. The molecule has 1 aromatic rings. The van der Waals surface area contributed by atoms with E-state index in [1.54, 1.807) is 6.08 Å². The van der Waals surface area contributed by atoms with Gasteiger partial charge in [0.15, 0.2) is 0 Å². The van der Waals surface area contributed by atoms with Crippen LogP contribution in [0, 0.1) is 0 Å². The molecule has 0 heterocycles. The summed E-state index contributed by atoms with van der Waals surface area (Å²) in [4.78, 5) is 0. The van der Waals surface area contributed by atoms with Crippen molar-refractivity contribution in [2.24, 2.45) is 0 Å². The SMILES string of the molecule is C=C/C=C(/C)C(=C)/C=c1/ccccc1=C. The van der Waals surface area contributed by atoms with Crippen LogP contribution in [-0.4, -0.2) is 0 Å². The van der Waals surface area contributed by atoms with Gasteiger partial charge in [-0.05, 0) is 34.6 Å². The molecule has 0 N–H and O–H groups in total. The van der Waals surface area contributed by atoms with E-state index >= 15 is 0 Å². The summed E-state index contributed by atoms with van der Waals surface area (Å²) < 4.78 is 0. The first-order valence-electron chi connectivity index (χ1n) is 4.89. The molecule has 0 atom stereocenters. The third kappa shape index (κ3) is 3.10. The Morgan fingerprint density at radius 1 is 1.27 bits per heavy atom. The number of allylic oxidation sites excluding steroid dienone is 4. The summed E-state index contributed by atoms with van der Waals surface area (Å²) in [7, 11) is 0. The molecule has 0 saturated carbocycles. The van der Waals surface area contributed by atoms with Crippen LogP contribution in [0.3, 0.4) is 0 Å². The Hall–Kier alpha value is -1.82. The van der Waals surface area contributed by atoms with Gasteiger partial charge in [-0.2, -0.15) is 0 Å².